The summed E-state index contributed by atoms with van der Waals surface area (Å²) in [5.74, 6) is 1.69. The highest BCUT2D eigenvalue weighted by Crippen LogP contribution is 2.26. The summed E-state index contributed by atoms with van der Waals surface area (Å²) in [4.78, 5) is 0. The fourth-order valence-electron chi connectivity index (χ4n) is 3.49. The van der Waals surface area contributed by atoms with Gasteiger partial charge in [0.05, 0.1) is 6.17 Å². The Morgan fingerprint density at radius 3 is 2.29 bits per heavy atom. The summed E-state index contributed by atoms with van der Waals surface area (Å²) in [5.41, 5.74) is 0. The Balaban J connectivity index is 1.77. The van der Waals surface area contributed by atoms with Crippen molar-refractivity contribution in [1.29, 1.82) is 0 Å². The van der Waals surface area contributed by atoms with Crippen molar-refractivity contribution >= 4 is 0 Å². The van der Waals surface area contributed by atoms with Crippen LogP contribution in [0.15, 0.2) is 0 Å². The van der Waals surface area contributed by atoms with Gasteiger partial charge in [-0.25, -0.2) is 0 Å². The van der Waals surface area contributed by atoms with Gasteiger partial charge in [-0.15, -0.1) is 0 Å². The van der Waals surface area contributed by atoms with Gasteiger partial charge in [0.25, 0.3) is 0 Å². The molecule has 0 radical (unpaired) electrons. The van der Waals surface area contributed by atoms with E-state index in [0.717, 1.165) is 11.8 Å². The lowest BCUT2D eigenvalue weighted by Gasteiger charge is -2.26. The third kappa shape index (κ3) is 4.26. The van der Waals surface area contributed by atoms with Crippen molar-refractivity contribution in [3.05, 3.63) is 0 Å². The van der Waals surface area contributed by atoms with Crippen molar-refractivity contribution in [1.82, 2.24) is 10.6 Å². The molecule has 0 amide bonds. The Bertz CT molecular complexity index is 207. The van der Waals surface area contributed by atoms with Crippen molar-refractivity contribution in [3.8, 4) is 0 Å². The van der Waals surface area contributed by atoms with E-state index in [1.54, 1.807) is 0 Å². The molecule has 2 rings (SSSR count). The van der Waals surface area contributed by atoms with Gasteiger partial charge >= 0.3 is 0 Å². The van der Waals surface area contributed by atoms with Gasteiger partial charge in [-0.2, -0.15) is 0 Å². The maximum atomic E-state index is 3.83. The lowest BCUT2D eigenvalue weighted by molar-refractivity contribution is 0.279. The first kappa shape index (κ1) is 13.4. The highest BCUT2D eigenvalue weighted by atomic mass is 15.2. The minimum Gasteiger partial charge on any atom is -0.300 e. The monoisotopic (exact) mass is 238 g/mol. The molecule has 0 spiro atoms. The van der Waals surface area contributed by atoms with E-state index in [1.807, 2.05) is 0 Å². The normalized spacial score (nSPS) is 32.6. The van der Waals surface area contributed by atoms with Crippen LogP contribution < -0.4 is 10.6 Å². The summed E-state index contributed by atoms with van der Waals surface area (Å²) in [5, 5.41) is 7.55. The largest absolute Gasteiger partial charge is 0.300 e. The van der Waals surface area contributed by atoms with Gasteiger partial charge in [0.1, 0.15) is 0 Å². The Kier molecular flexibility index (Phi) is 5.30. The molecule has 17 heavy (non-hydrogen) atoms. The zero-order valence-corrected chi connectivity index (χ0v) is 11.7. The fraction of sp³-hybridized carbons (Fsp3) is 1.00. The van der Waals surface area contributed by atoms with E-state index in [2.05, 4.69) is 24.5 Å². The van der Waals surface area contributed by atoms with Crippen LogP contribution in [0.2, 0.25) is 0 Å². The van der Waals surface area contributed by atoms with Crippen LogP contribution in [0.1, 0.15) is 65.2 Å². The summed E-state index contributed by atoms with van der Waals surface area (Å²) < 4.78 is 0. The quantitative estimate of drug-likeness (QED) is 0.788. The summed E-state index contributed by atoms with van der Waals surface area (Å²) in [7, 11) is 0. The second kappa shape index (κ2) is 6.75. The number of hydrogen-bond acceptors (Lipinski definition) is 2. The van der Waals surface area contributed by atoms with Crippen molar-refractivity contribution in [3.63, 3.8) is 0 Å². The summed E-state index contributed by atoms with van der Waals surface area (Å²) in [6.07, 6.45) is 12.1. The Morgan fingerprint density at radius 1 is 1.00 bits per heavy atom. The van der Waals surface area contributed by atoms with Crippen LogP contribution >= 0.6 is 0 Å². The average molecular weight is 238 g/mol. The van der Waals surface area contributed by atoms with Crippen LogP contribution in [0, 0.1) is 11.8 Å². The van der Waals surface area contributed by atoms with Crippen molar-refractivity contribution in [2.24, 2.45) is 11.8 Å². The molecule has 1 saturated heterocycles. The Morgan fingerprint density at radius 2 is 1.65 bits per heavy atom. The first-order valence-corrected chi connectivity index (χ1v) is 7.75. The highest BCUT2D eigenvalue weighted by Gasteiger charge is 2.29. The summed E-state index contributed by atoms with van der Waals surface area (Å²) >= 11 is 0. The molecule has 0 aromatic heterocycles. The topological polar surface area (TPSA) is 24.1 Å². The summed E-state index contributed by atoms with van der Waals surface area (Å²) in [6, 6.07) is 0.713. The zero-order chi connectivity index (χ0) is 12.1. The molecule has 2 nitrogen and oxygen atoms in total. The number of nitrogens with one attached hydrogen (secondary N) is 2. The molecule has 100 valence electrons. The van der Waals surface area contributed by atoms with Gasteiger partial charge in [-0.3, -0.25) is 5.32 Å². The van der Waals surface area contributed by atoms with Crippen LogP contribution in [0.3, 0.4) is 0 Å². The van der Waals surface area contributed by atoms with Gasteiger partial charge in [-0.1, -0.05) is 46.0 Å². The molecule has 2 aliphatic rings. The van der Waals surface area contributed by atoms with Crippen molar-refractivity contribution in [2.45, 2.75) is 77.4 Å². The van der Waals surface area contributed by atoms with Crippen molar-refractivity contribution in [2.75, 3.05) is 6.54 Å². The molecule has 0 aromatic rings. The smallest absolute Gasteiger partial charge is 0.0603 e. The zero-order valence-electron chi connectivity index (χ0n) is 11.7. The van der Waals surface area contributed by atoms with Gasteiger partial charge in [0.2, 0.25) is 0 Å². The maximum absolute atomic E-state index is 3.83. The predicted octanol–water partition coefficient (Wildman–Crippen LogP) is 3.28. The molecular weight excluding hydrogens is 208 g/mol. The molecule has 0 aromatic carbocycles. The van der Waals surface area contributed by atoms with Crippen LogP contribution in [0.25, 0.3) is 0 Å². The van der Waals surface area contributed by atoms with Gasteiger partial charge in [0.15, 0.2) is 0 Å². The van der Waals surface area contributed by atoms with E-state index in [0.29, 0.717) is 12.2 Å². The minimum atomic E-state index is 0.608. The lowest BCUT2D eigenvalue weighted by Crippen LogP contribution is -2.40. The SMILES string of the molecule is CC(C)CC1CNC(C2CCCCCCC2)N1. The van der Waals surface area contributed by atoms with Crippen molar-refractivity contribution < 1.29 is 0 Å². The van der Waals surface area contributed by atoms with Gasteiger partial charge in [0, 0.05) is 12.6 Å². The Labute approximate surface area is 107 Å². The third-order valence-corrected chi connectivity index (χ3v) is 4.38. The second-order valence-electron chi connectivity index (χ2n) is 6.48. The summed E-state index contributed by atoms with van der Waals surface area (Å²) in [6.45, 7) is 5.83. The molecular formula is C15H30N2. The standard InChI is InChI=1S/C15H30N2/c1-12(2)10-14-11-16-15(17-14)13-8-6-4-3-5-7-9-13/h12-17H,3-11H2,1-2H3. The van der Waals surface area contributed by atoms with Crippen LogP contribution in [-0.2, 0) is 0 Å². The minimum absolute atomic E-state index is 0.608. The van der Waals surface area contributed by atoms with E-state index >= 15 is 0 Å². The molecule has 2 N–H and O–H groups in total. The molecule has 1 heterocycles. The first-order chi connectivity index (χ1) is 8.25. The molecule has 0 bridgehead atoms. The van der Waals surface area contributed by atoms with Crippen LogP contribution in [0.5, 0.6) is 0 Å². The number of rotatable bonds is 3. The third-order valence-electron chi connectivity index (χ3n) is 4.38. The maximum Gasteiger partial charge on any atom is 0.0603 e. The van der Waals surface area contributed by atoms with E-state index < -0.39 is 0 Å². The molecule has 1 saturated carbocycles. The Hall–Kier alpha value is -0.0800. The van der Waals surface area contributed by atoms with Crippen LogP contribution in [0.4, 0.5) is 0 Å². The fourth-order valence-corrected chi connectivity index (χ4v) is 3.49. The highest BCUT2D eigenvalue weighted by molar-refractivity contribution is 4.88. The molecule has 1 aliphatic carbocycles. The van der Waals surface area contributed by atoms with E-state index in [9.17, 15) is 0 Å². The average Bonchev–Trinajstić information content (AvgIpc) is 2.64. The van der Waals surface area contributed by atoms with E-state index in [-0.39, 0.29) is 0 Å². The van der Waals surface area contributed by atoms with Gasteiger partial charge in [-0.05, 0) is 31.1 Å². The van der Waals surface area contributed by atoms with E-state index in [1.165, 1.54) is 57.9 Å². The first-order valence-electron chi connectivity index (χ1n) is 7.75. The molecule has 2 atom stereocenters. The molecule has 1 aliphatic heterocycles. The second-order valence-corrected chi connectivity index (χ2v) is 6.48. The number of hydrogen-bond donors (Lipinski definition) is 2. The molecule has 2 fully saturated rings. The lowest BCUT2D eigenvalue weighted by atomic mass is 9.89. The molecule has 2 heteroatoms. The predicted molar refractivity (Wildman–Crippen MR) is 74.0 cm³/mol. The van der Waals surface area contributed by atoms with Gasteiger partial charge < -0.3 is 5.32 Å². The van der Waals surface area contributed by atoms with Crippen LogP contribution in [-0.4, -0.2) is 18.8 Å². The van der Waals surface area contributed by atoms with E-state index in [4.69, 9.17) is 0 Å². The molecule has 2 unspecified atom stereocenters.